The first kappa shape index (κ1) is 42.7. The lowest BCUT2D eigenvalue weighted by molar-refractivity contribution is -0.141. The summed E-state index contributed by atoms with van der Waals surface area (Å²) in [5.41, 5.74) is 0.406. The summed E-state index contributed by atoms with van der Waals surface area (Å²) in [5.74, 6) is -4.12. The molecule has 3 aromatic carbocycles. The number of rotatable bonds is 16. The predicted octanol–water partition coefficient (Wildman–Crippen LogP) is 2.90. The van der Waals surface area contributed by atoms with Crippen molar-refractivity contribution in [1.82, 2.24) is 26.6 Å². The molecule has 0 aliphatic heterocycles. The predicted molar refractivity (Wildman–Crippen MR) is 198 cm³/mol. The average Bonchev–Trinajstić information content (AvgIpc) is 3.11. The highest BCUT2D eigenvalue weighted by Gasteiger charge is 2.26. The maximum Gasteiger partial charge on any atom is 0.408 e. The Hall–Kier alpha value is -5.67. The number of amides is 5. The minimum Gasteiger partial charge on any atom is -0.468 e. The summed E-state index contributed by atoms with van der Waals surface area (Å²) in [6.45, 7) is 3.44. The van der Waals surface area contributed by atoms with Crippen LogP contribution in [0.1, 0.15) is 42.3 Å². The number of ether oxygens (including phenoxy) is 3. The Balaban J connectivity index is 1.59. The van der Waals surface area contributed by atoms with Crippen molar-refractivity contribution in [3.05, 3.63) is 99.5 Å². The molecule has 0 saturated heterocycles. The first-order valence-electron chi connectivity index (χ1n) is 16.5. The minimum atomic E-state index is -1.21. The number of methoxy groups -OCH3 is 1. The molecule has 0 radical (unpaired) electrons. The fraction of sp³-hybridized carbons (Fsp3) is 0.324. The molecule has 0 saturated carbocycles. The van der Waals surface area contributed by atoms with Crippen molar-refractivity contribution in [2.24, 2.45) is 0 Å². The molecule has 3 aromatic rings. The van der Waals surface area contributed by atoms with Gasteiger partial charge in [0.15, 0.2) is 0 Å². The molecule has 3 rings (SSSR count). The molecule has 0 aliphatic rings. The molecule has 54 heavy (non-hydrogen) atoms. The van der Waals surface area contributed by atoms with Gasteiger partial charge in [-0.2, -0.15) is 0 Å². The number of esters is 2. The van der Waals surface area contributed by atoms with Crippen LogP contribution in [0.5, 0.6) is 5.75 Å². The molecule has 0 spiro atoms. The van der Waals surface area contributed by atoms with Gasteiger partial charge < -0.3 is 40.8 Å². The molecule has 0 bridgehead atoms. The van der Waals surface area contributed by atoms with Gasteiger partial charge in [0.2, 0.25) is 23.6 Å². The van der Waals surface area contributed by atoms with Crippen molar-refractivity contribution in [2.45, 2.75) is 51.3 Å². The van der Waals surface area contributed by atoms with E-state index < -0.39 is 79.0 Å². The van der Waals surface area contributed by atoms with Crippen LogP contribution in [-0.2, 0) is 46.3 Å². The van der Waals surface area contributed by atoms with Gasteiger partial charge in [-0.1, -0.05) is 71.7 Å². The van der Waals surface area contributed by atoms with Gasteiger partial charge in [0.05, 0.1) is 35.8 Å². The molecule has 0 aliphatic carbocycles. The van der Waals surface area contributed by atoms with E-state index >= 15 is 0 Å². The Kier molecular flexibility index (Phi) is 16.3. The van der Waals surface area contributed by atoms with E-state index in [-0.39, 0.29) is 34.2 Å². The number of nitrogens with one attached hydrogen (secondary N) is 5. The second kappa shape index (κ2) is 20.5. The SMILES string of the molecule is COC(=O)CNC(=O)[C@H](Cc1ccccc1)NC(=O)CNC(=O)CNC(=O)[C@H](Cc1ccc(OC(=O)c2c(Cl)cccc2Cl)cc1)NC(=O)OC(C)(C)C. The number of carbonyl (C=O) groups is 7. The Bertz CT molecular complexity index is 1800. The Labute approximate surface area is 321 Å². The fourth-order valence-corrected chi connectivity index (χ4v) is 5.18. The van der Waals surface area contributed by atoms with E-state index in [4.69, 9.17) is 32.7 Å². The maximum atomic E-state index is 13.2. The molecule has 288 valence electrons. The lowest BCUT2D eigenvalue weighted by atomic mass is 10.0. The smallest absolute Gasteiger partial charge is 0.408 e. The summed E-state index contributed by atoms with van der Waals surface area (Å²) in [7, 11) is 1.17. The van der Waals surface area contributed by atoms with E-state index in [1.165, 1.54) is 31.4 Å². The van der Waals surface area contributed by atoms with E-state index in [2.05, 4.69) is 31.3 Å². The highest BCUT2D eigenvalue weighted by molar-refractivity contribution is 6.39. The number of halogens is 2. The van der Waals surface area contributed by atoms with Crippen LogP contribution < -0.4 is 31.3 Å². The molecule has 5 amide bonds. The van der Waals surface area contributed by atoms with Crippen molar-refractivity contribution in [2.75, 3.05) is 26.7 Å². The summed E-state index contributed by atoms with van der Waals surface area (Å²) in [6, 6.07) is 17.2. The molecule has 2 atom stereocenters. The number of benzene rings is 3. The van der Waals surface area contributed by atoms with Crippen LogP contribution in [0.25, 0.3) is 0 Å². The Morgan fingerprint density at radius 2 is 1.19 bits per heavy atom. The van der Waals surface area contributed by atoms with Crippen molar-refractivity contribution in [3.8, 4) is 5.75 Å². The number of alkyl carbamates (subject to hydrolysis) is 1. The normalized spacial score (nSPS) is 11.9. The van der Waals surface area contributed by atoms with Crippen molar-refractivity contribution >= 4 is 64.9 Å². The average molecular weight is 787 g/mol. The van der Waals surface area contributed by atoms with Crippen LogP contribution in [0.4, 0.5) is 4.79 Å². The van der Waals surface area contributed by atoms with Gasteiger partial charge in [0.1, 0.15) is 30.0 Å². The van der Waals surface area contributed by atoms with Crippen LogP contribution in [-0.4, -0.2) is 86.1 Å². The maximum absolute atomic E-state index is 13.2. The summed E-state index contributed by atoms with van der Waals surface area (Å²) in [4.78, 5) is 88.1. The van der Waals surface area contributed by atoms with Crippen molar-refractivity contribution in [3.63, 3.8) is 0 Å². The number of hydrogen-bond acceptors (Lipinski definition) is 10. The molecule has 5 N–H and O–H groups in total. The number of hydrogen-bond donors (Lipinski definition) is 5. The molecule has 0 fully saturated rings. The monoisotopic (exact) mass is 785 g/mol. The van der Waals surface area contributed by atoms with Crippen molar-refractivity contribution < 1.29 is 47.8 Å². The lowest BCUT2D eigenvalue weighted by Crippen LogP contribution is -2.53. The van der Waals surface area contributed by atoms with E-state index in [0.717, 1.165) is 5.56 Å². The lowest BCUT2D eigenvalue weighted by Gasteiger charge is -2.23. The molecule has 15 nitrogen and oxygen atoms in total. The van der Waals surface area contributed by atoms with Gasteiger partial charge in [-0.15, -0.1) is 0 Å². The van der Waals surface area contributed by atoms with Gasteiger partial charge in [0, 0.05) is 12.8 Å². The van der Waals surface area contributed by atoms with E-state index in [0.29, 0.717) is 5.56 Å². The second-order valence-electron chi connectivity index (χ2n) is 12.6. The molecule has 0 unspecified atom stereocenters. The third-order valence-electron chi connectivity index (χ3n) is 7.19. The highest BCUT2D eigenvalue weighted by atomic mass is 35.5. The van der Waals surface area contributed by atoms with E-state index in [1.807, 2.05) is 0 Å². The van der Waals surface area contributed by atoms with Crippen molar-refractivity contribution in [1.29, 1.82) is 0 Å². The second-order valence-corrected chi connectivity index (χ2v) is 13.4. The third-order valence-corrected chi connectivity index (χ3v) is 7.82. The standard InChI is InChI=1S/C37H41Cl2N5O10/c1-37(2,3)54-36(51)44-28(18-23-13-15-24(16-14-23)53-35(50)32-25(38)11-8-12-26(32)39)34(49)41-19-29(45)40-20-30(46)43-27(17-22-9-6-5-7-10-22)33(48)42-21-31(47)52-4/h5-16,27-28H,17-21H2,1-4H3,(H,40,45)(H,41,49)(H,42,48)(H,43,46)(H,44,51)/t27-,28-/m0/s1. The molecule has 0 aromatic heterocycles. The molecule has 0 heterocycles. The minimum absolute atomic E-state index is 0.0000115. The topological polar surface area (TPSA) is 207 Å². The fourth-order valence-electron chi connectivity index (χ4n) is 4.63. The first-order chi connectivity index (χ1) is 25.5. The van der Waals surface area contributed by atoms with Gasteiger partial charge in [-0.3, -0.25) is 24.0 Å². The summed E-state index contributed by atoms with van der Waals surface area (Å²) >= 11 is 12.2. The third kappa shape index (κ3) is 14.8. The largest absolute Gasteiger partial charge is 0.468 e. The molecular formula is C37H41Cl2N5O10. The number of carbonyl (C=O) groups excluding carboxylic acids is 7. The zero-order valence-corrected chi connectivity index (χ0v) is 31.5. The summed E-state index contributed by atoms with van der Waals surface area (Å²) < 4.78 is 15.2. The van der Waals surface area contributed by atoms with Crippen LogP contribution in [0, 0.1) is 0 Å². The zero-order chi connectivity index (χ0) is 39.8. The Morgan fingerprint density at radius 1 is 0.648 bits per heavy atom. The van der Waals surface area contributed by atoms with Crippen LogP contribution >= 0.6 is 23.2 Å². The van der Waals surface area contributed by atoms with Gasteiger partial charge >= 0.3 is 18.0 Å². The van der Waals surface area contributed by atoms with Crippen LogP contribution in [0.15, 0.2) is 72.8 Å². The Morgan fingerprint density at radius 3 is 1.76 bits per heavy atom. The van der Waals surface area contributed by atoms with Gasteiger partial charge in [-0.25, -0.2) is 9.59 Å². The summed E-state index contributed by atoms with van der Waals surface area (Å²) in [6.07, 6.45) is -0.840. The molecular weight excluding hydrogens is 745 g/mol. The van der Waals surface area contributed by atoms with E-state index in [9.17, 15) is 33.6 Å². The van der Waals surface area contributed by atoms with Gasteiger partial charge in [-0.05, 0) is 56.2 Å². The van der Waals surface area contributed by atoms with Gasteiger partial charge in [0.25, 0.3) is 0 Å². The van der Waals surface area contributed by atoms with E-state index in [1.54, 1.807) is 69.3 Å². The highest BCUT2D eigenvalue weighted by Crippen LogP contribution is 2.26. The zero-order valence-electron chi connectivity index (χ0n) is 30.0. The molecule has 17 heteroatoms. The first-order valence-corrected chi connectivity index (χ1v) is 17.3. The quantitative estimate of drug-likeness (QED) is 0.106. The summed E-state index contributed by atoms with van der Waals surface area (Å²) in [5, 5.41) is 12.5. The van der Waals surface area contributed by atoms with Crippen LogP contribution in [0.3, 0.4) is 0 Å². The van der Waals surface area contributed by atoms with Crippen LogP contribution in [0.2, 0.25) is 10.0 Å².